The maximum Gasteiger partial charge on any atom is 0.278 e. The van der Waals surface area contributed by atoms with E-state index in [1.807, 2.05) is 35.2 Å². The molecule has 0 aliphatic heterocycles. The van der Waals surface area contributed by atoms with Crippen LogP contribution in [0.15, 0.2) is 47.6 Å². The Morgan fingerprint density at radius 3 is 2.38 bits per heavy atom. The summed E-state index contributed by atoms with van der Waals surface area (Å²) in [6.07, 6.45) is 0. The molecule has 0 amide bonds. The molecule has 1 heterocycles. The van der Waals surface area contributed by atoms with Gasteiger partial charge in [0.05, 0.1) is 25.3 Å². The van der Waals surface area contributed by atoms with Crippen LogP contribution in [-0.2, 0) is 13.1 Å². The first-order chi connectivity index (χ1) is 12.6. The third-order valence-electron chi connectivity index (χ3n) is 3.91. The van der Waals surface area contributed by atoms with Gasteiger partial charge in [-0.05, 0) is 28.4 Å². The highest BCUT2D eigenvalue weighted by Crippen LogP contribution is 2.30. The Balaban J connectivity index is 1.98. The summed E-state index contributed by atoms with van der Waals surface area (Å²) in [6, 6.07) is 13.3. The molecule has 7 nitrogen and oxygen atoms in total. The lowest BCUT2D eigenvalue weighted by Crippen LogP contribution is -2.15. The van der Waals surface area contributed by atoms with Gasteiger partial charge in [-0.25, -0.2) is 9.97 Å². The van der Waals surface area contributed by atoms with Gasteiger partial charge in [-0.3, -0.25) is 4.90 Å². The Kier molecular flexibility index (Phi) is 5.38. The molecular weight excluding hydrogens is 332 g/mol. The topological polar surface area (TPSA) is 76.9 Å². The molecule has 0 atom stereocenters. The predicted octanol–water partition coefficient (Wildman–Crippen LogP) is 3.84. The third-order valence-corrected chi connectivity index (χ3v) is 3.91. The van der Waals surface area contributed by atoms with Gasteiger partial charge in [0.15, 0.2) is 0 Å². The quantitative estimate of drug-likeness (QED) is 0.602. The van der Waals surface area contributed by atoms with E-state index in [2.05, 4.69) is 22.2 Å². The van der Waals surface area contributed by atoms with Gasteiger partial charge in [0.1, 0.15) is 5.69 Å². The molecule has 1 aromatic heterocycles. The number of nitrogens with zero attached hydrogens (tertiary/aromatic N) is 4. The molecule has 7 heteroatoms. The van der Waals surface area contributed by atoms with Gasteiger partial charge in [0, 0.05) is 20.1 Å². The first kappa shape index (κ1) is 17.8. The van der Waals surface area contributed by atoms with Gasteiger partial charge in [-0.1, -0.05) is 30.3 Å². The fourth-order valence-electron chi connectivity index (χ4n) is 2.76. The highest BCUT2D eigenvalue weighted by atomic mass is 16.5. The monoisotopic (exact) mass is 351 g/mol. The number of ether oxygens (including phenoxy) is 2. The Bertz CT molecular complexity index is 916. The zero-order chi connectivity index (χ0) is 18.5. The molecule has 0 aliphatic carbocycles. The number of nitroso groups, excluding NO2 is 1. The zero-order valence-corrected chi connectivity index (χ0v) is 14.7. The van der Waals surface area contributed by atoms with Crippen LogP contribution in [0.3, 0.4) is 0 Å². The second-order valence-corrected chi connectivity index (χ2v) is 5.78. The summed E-state index contributed by atoms with van der Waals surface area (Å²) in [5, 5.41) is 3.04. The van der Waals surface area contributed by atoms with Crippen molar-refractivity contribution >= 4 is 16.7 Å². The number of methoxy groups -OCH3 is 2. The number of rotatable bonds is 7. The number of benzene rings is 2. The van der Waals surface area contributed by atoms with Crippen LogP contribution < -0.4 is 9.47 Å². The van der Waals surface area contributed by atoms with Crippen molar-refractivity contribution < 1.29 is 9.47 Å². The van der Waals surface area contributed by atoms with Crippen molar-refractivity contribution in [1.29, 1.82) is 0 Å². The van der Waals surface area contributed by atoms with Crippen LogP contribution in [0.1, 0.15) is 11.1 Å². The molecule has 3 rings (SSSR count). The highest BCUT2D eigenvalue weighted by molar-refractivity contribution is 5.82. The van der Waals surface area contributed by atoms with E-state index in [1.165, 1.54) is 14.2 Å². The molecule has 133 valence electrons. The largest absolute Gasteiger partial charge is 0.477 e. The molecule has 3 aromatic rings. The lowest BCUT2D eigenvalue weighted by Gasteiger charge is -2.18. The molecule has 0 saturated carbocycles. The summed E-state index contributed by atoms with van der Waals surface area (Å²) in [5.41, 5.74) is 3.35. The van der Waals surface area contributed by atoms with E-state index in [0.29, 0.717) is 24.1 Å². The van der Waals surface area contributed by atoms with Crippen LogP contribution in [0.4, 0.5) is 5.69 Å². The van der Waals surface area contributed by atoms with Crippen LogP contribution in [0.2, 0.25) is 0 Å². The van der Waals surface area contributed by atoms with Crippen molar-refractivity contribution in [2.45, 2.75) is 13.1 Å². The normalized spacial score (nSPS) is 10.9. The minimum atomic E-state index is 0.254. The summed E-state index contributed by atoms with van der Waals surface area (Å²) in [5.74, 6) is 0.538. The molecule has 26 heavy (non-hydrogen) atoms. The fourth-order valence-corrected chi connectivity index (χ4v) is 2.76. The lowest BCUT2D eigenvalue weighted by molar-refractivity contribution is 0.333. The lowest BCUT2D eigenvalue weighted by atomic mass is 10.1. The van der Waals surface area contributed by atoms with Crippen LogP contribution >= 0.6 is 0 Å². The molecule has 0 fully saturated rings. The van der Waals surface area contributed by atoms with E-state index in [9.17, 15) is 4.91 Å². The van der Waals surface area contributed by atoms with E-state index in [4.69, 9.17) is 9.47 Å². The van der Waals surface area contributed by atoms with Crippen LogP contribution in [0, 0.1) is 12.0 Å². The summed E-state index contributed by atoms with van der Waals surface area (Å²) in [4.78, 5) is 21.8. The van der Waals surface area contributed by atoms with Crippen LogP contribution in [0.25, 0.3) is 11.0 Å². The fraction of sp³-hybridized carbons (Fsp3) is 0.211. The van der Waals surface area contributed by atoms with Crippen LogP contribution in [0.5, 0.6) is 11.8 Å². The van der Waals surface area contributed by atoms with Gasteiger partial charge < -0.3 is 9.47 Å². The molecule has 0 spiro atoms. The molecular formula is C19H19N4O3. The second-order valence-electron chi connectivity index (χ2n) is 5.78. The van der Waals surface area contributed by atoms with E-state index >= 15 is 0 Å². The second kappa shape index (κ2) is 7.88. The summed E-state index contributed by atoms with van der Waals surface area (Å²) >= 11 is 0. The number of hydrogen-bond acceptors (Lipinski definition) is 7. The van der Waals surface area contributed by atoms with Gasteiger partial charge >= 0.3 is 0 Å². The zero-order valence-electron chi connectivity index (χ0n) is 14.7. The highest BCUT2D eigenvalue weighted by Gasteiger charge is 2.15. The Morgan fingerprint density at radius 2 is 1.73 bits per heavy atom. The first-order valence-corrected chi connectivity index (χ1v) is 8.00. The Morgan fingerprint density at radius 1 is 1.04 bits per heavy atom. The van der Waals surface area contributed by atoms with Crippen molar-refractivity contribution in [1.82, 2.24) is 14.9 Å². The summed E-state index contributed by atoms with van der Waals surface area (Å²) < 4.78 is 10.4. The molecule has 1 radical (unpaired) electrons. The van der Waals surface area contributed by atoms with Crippen molar-refractivity contribution in [3.63, 3.8) is 0 Å². The Hall–Kier alpha value is -3.06. The van der Waals surface area contributed by atoms with Gasteiger partial charge in [-0.2, -0.15) is 0 Å². The number of aromatic nitrogens is 2. The predicted molar refractivity (Wildman–Crippen MR) is 99.1 cm³/mol. The number of fused-ring (bicyclic) bond motifs is 1. The molecule has 0 N–H and O–H groups in total. The minimum Gasteiger partial charge on any atom is -0.477 e. The van der Waals surface area contributed by atoms with E-state index in [1.54, 1.807) is 12.1 Å². The summed E-state index contributed by atoms with van der Waals surface area (Å²) in [6.45, 7) is 1.13. The summed E-state index contributed by atoms with van der Waals surface area (Å²) in [7, 11) is 7.07. The van der Waals surface area contributed by atoms with Crippen molar-refractivity contribution in [3.05, 3.63) is 65.5 Å². The van der Waals surface area contributed by atoms with Gasteiger partial charge in [0.2, 0.25) is 0 Å². The molecule has 0 saturated heterocycles. The SMILES string of the molecule is [CH2]N(Cc1ccccc1)Cc1cc(N=O)cc2nc(OC)c(OC)nc12. The third kappa shape index (κ3) is 3.78. The van der Waals surface area contributed by atoms with E-state index in [-0.39, 0.29) is 17.4 Å². The average molecular weight is 351 g/mol. The molecule has 0 aliphatic rings. The standard InChI is InChI=1S/C19H19N4O3/c1-23(11-13-7-5-4-6-8-13)12-14-9-15(22-24)10-16-17(14)21-19(26-3)18(20-16)25-2/h4-10H,1,11-12H2,2-3H3. The number of hydrogen-bond donors (Lipinski definition) is 0. The van der Waals surface area contributed by atoms with Gasteiger partial charge in [0.25, 0.3) is 11.8 Å². The van der Waals surface area contributed by atoms with Crippen molar-refractivity contribution in [2.75, 3.05) is 14.2 Å². The molecule has 2 aromatic carbocycles. The average Bonchev–Trinajstić information content (AvgIpc) is 2.67. The van der Waals surface area contributed by atoms with Crippen LogP contribution in [-0.4, -0.2) is 29.1 Å². The molecule has 0 unspecified atom stereocenters. The first-order valence-electron chi connectivity index (χ1n) is 8.00. The maximum absolute atomic E-state index is 11.1. The minimum absolute atomic E-state index is 0.254. The van der Waals surface area contributed by atoms with E-state index in [0.717, 1.165) is 11.1 Å². The van der Waals surface area contributed by atoms with E-state index < -0.39 is 0 Å². The van der Waals surface area contributed by atoms with Crippen molar-refractivity contribution in [2.24, 2.45) is 5.18 Å². The molecule has 0 bridgehead atoms. The van der Waals surface area contributed by atoms with Gasteiger partial charge in [-0.15, -0.1) is 4.91 Å². The Labute approximate surface area is 151 Å². The maximum atomic E-state index is 11.1. The van der Waals surface area contributed by atoms with Crippen molar-refractivity contribution in [3.8, 4) is 11.8 Å². The smallest absolute Gasteiger partial charge is 0.278 e.